The number of nitrogens with zero attached hydrogens (tertiary/aromatic N) is 3. The van der Waals surface area contributed by atoms with Gasteiger partial charge in [0.15, 0.2) is 0 Å². The highest BCUT2D eigenvalue weighted by molar-refractivity contribution is 5.94. The molecule has 0 bridgehead atoms. The monoisotopic (exact) mass is 391 g/mol. The van der Waals surface area contributed by atoms with Crippen molar-refractivity contribution >= 4 is 5.91 Å². The van der Waals surface area contributed by atoms with Crippen LogP contribution in [0.1, 0.15) is 34.8 Å². The highest BCUT2D eigenvalue weighted by Gasteiger charge is 2.26. The third-order valence-electron chi connectivity index (χ3n) is 5.24. The van der Waals surface area contributed by atoms with Gasteiger partial charge in [-0.15, -0.1) is 0 Å². The maximum Gasteiger partial charge on any atom is 0.253 e. The molecule has 1 fully saturated rings. The Morgan fingerprint density at radius 2 is 2.00 bits per heavy atom. The average molecular weight is 391 g/mol. The van der Waals surface area contributed by atoms with Crippen LogP contribution in [-0.4, -0.2) is 41.0 Å². The van der Waals surface area contributed by atoms with E-state index in [4.69, 9.17) is 9.72 Å². The van der Waals surface area contributed by atoms with Gasteiger partial charge in [0, 0.05) is 36.3 Å². The minimum atomic E-state index is -0.345. The number of amides is 1. The maximum absolute atomic E-state index is 13.2. The molecule has 1 aliphatic heterocycles. The number of likely N-dealkylation sites (tertiary alicyclic amines) is 1. The number of carbonyl (C=O) groups is 1. The quantitative estimate of drug-likeness (QED) is 0.665. The van der Waals surface area contributed by atoms with Crippen LogP contribution in [0.2, 0.25) is 0 Å². The first-order chi connectivity index (χ1) is 14.1. The van der Waals surface area contributed by atoms with Gasteiger partial charge in [-0.3, -0.25) is 9.78 Å². The lowest BCUT2D eigenvalue weighted by atomic mass is 9.94. The summed E-state index contributed by atoms with van der Waals surface area (Å²) in [6, 6.07) is 13.4. The molecule has 0 spiro atoms. The molecule has 29 heavy (non-hydrogen) atoms. The molecule has 1 aliphatic rings. The predicted molar refractivity (Wildman–Crippen MR) is 108 cm³/mol. The van der Waals surface area contributed by atoms with E-state index in [1.165, 1.54) is 24.3 Å². The largest absolute Gasteiger partial charge is 0.497 e. The fourth-order valence-electron chi connectivity index (χ4n) is 3.68. The van der Waals surface area contributed by atoms with E-state index in [1.54, 1.807) is 19.5 Å². The van der Waals surface area contributed by atoms with Gasteiger partial charge < -0.3 is 9.64 Å². The summed E-state index contributed by atoms with van der Waals surface area (Å²) in [6.45, 7) is 1.27. The Hall–Kier alpha value is -3.28. The lowest BCUT2D eigenvalue weighted by Gasteiger charge is -2.32. The van der Waals surface area contributed by atoms with Crippen molar-refractivity contribution in [2.24, 2.45) is 0 Å². The highest BCUT2D eigenvalue weighted by Crippen LogP contribution is 2.28. The van der Waals surface area contributed by atoms with Gasteiger partial charge in [0.25, 0.3) is 5.91 Å². The molecule has 0 N–H and O–H groups in total. The summed E-state index contributed by atoms with van der Waals surface area (Å²) >= 11 is 0. The third-order valence-corrected chi connectivity index (χ3v) is 5.24. The van der Waals surface area contributed by atoms with Crippen LogP contribution in [-0.2, 0) is 0 Å². The lowest BCUT2D eigenvalue weighted by Crippen LogP contribution is -2.39. The van der Waals surface area contributed by atoms with Crippen molar-refractivity contribution in [1.29, 1.82) is 0 Å². The van der Waals surface area contributed by atoms with Gasteiger partial charge in [0.1, 0.15) is 11.6 Å². The zero-order valence-electron chi connectivity index (χ0n) is 16.2. The van der Waals surface area contributed by atoms with Gasteiger partial charge in [0.05, 0.1) is 24.7 Å². The Kier molecular flexibility index (Phi) is 5.51. The van der Waals surface area contributed by atoms with Gasteiger partial charge in [-0.25, -0.2) is 9.37 Å². The smallest absolute Gasteiger partial charge is 0.253 e. The molecule has 1 atom stereocenters. The second-order valence-electron chi connectivity index (χ2n) is 7.16. The first kappa shape index (κ1) is 19.1. The van der Waals surface area contributed by atoms with Crippen LogP contribution in [0.25, 0.3) is 11.3 Å². The van der Waals surface area contributed by atoms with Crippen LogP contribution in [0.3, 0.4) is 0 Å². The zero-order chi connectivity index (χ0) is 20.2. The molecule has 1 saturated heterocycles. The number of halogens is 1. The van der Waals surface area contributed by atoms with E-state index in [0.717, 1.165) is 35.5 Å². The fraction of sp³-hybridized carbons (Fsp3) is 0.261. The third kappa shape index (κ3) is 4.26. The number of aromatic nitrogens is 2. The molecule has 4 rings (SSSR count). The minimum Gasteiger partial charge on any atom is -0.497 e. The average Bonchev–Trinajstić information content (AvgIpc) is 2.79. The Labute approximate surface area is 169 Å². The number of carbonyl (C=O) groups excluding carboxylic acids is 1. The molecule has 6 heteroatoms. The standard InChI is InChI=1S/C23H22FN3O2/c1-29-20-6-2-4-17(12-20)21-13-25-14-22(26-21)18-5-3-11-27(15-18)23(28)16-7-9-19(24)10-8-16/h2,4,6-10,12-14,18H,3,5,11,15H2,1H3/t18-/m0/s1. The summed E-state index contributed by atoms with van der Waals surface area (Å²) in [7, 11) is 1.63. The number of methoxy groups -OCH3 is 1. The molecular formula is C23H22FN3O2. The maximum atomic E-state index is 13.2. The number of rotatable bonds is 4. The predicted octanol–water partition coefficient (Wildman–Crippen LogP) is 4.31. The molecule has 3 aromatic rings. The number of benzene rings is 2. The van der Waals surface area contributed by atoms with E-state index >= 15 is 0 Å². The summed E-state index contributed by atoms with van der Waals surface area (Å²) in [5.74, 6) is 0.462. The van der Waals surface area contributed by atoms with E-state index in [0.29, 0.717) is 18.7 Å². The van der Waals surface area contributed by atoms with Crippen molar-refractivity contribution in [1.82, 2.24) is 14.9 Å². The summed E-state index contributed by atoms with van der Waals surface area (Å²) in [6.07, 6.45) is 5.36. The molecule has 2 heterocycles. The van der Waals surface area contributed by atoms with E-state index in [9.17, 15) is 9.18 Å². The van der Waals surface area contributed by atoms with Crippen molar-refractivity contribution in [3.63, 3.8) is 0 Å². The van der Waals surface area contributed by atoms with Crippen LogP contribution in [0, 0.1) is 5.82 Å². The minimum absolute atomic E-state index is 0.0772. The molecule has 2 aromatic carbocycles. The molecule has 0 aliphatic carbocycles. The van der Waals surface area contributed by atoms with Crippen LogP contribution >= 0.6 is 0 Å². The molecule has 0 unspecified atom stereocenters. The van der Waals surface area contributed by atoms with E-state index in [1.807, 2.05) is 29.2 Å². The molecule has 0 radical (unpaired) electrons. The molecule has 5 nitrogen and oxygen atoms in total. The van der Waals surface area contributed by atoms with Crippen molar-refractivity contribution in [2.45, 2.75) is 18.8 Å². The summed E-state index contributed by atoms with van der Waals surface area (Å²) in [4.78, 5) is 23.8. The van der Waals surface area contributed by atoms with Crippen molar-refractivity contribution in [2.75, 3.05) is 20.2 Å². The molecule has 148 valence electrons. The van der Waals surface area contributed by atoms with Crippen molar-refractivity contribution in [3.05, 3.63) is 78.0 Å². The summed E-state index contributed by atoms with van der Waals surface area (Å²) in [5, 5.41) is 0. The van der Waals surface area contributed by atoms with Crippen molar-refractivity contribution < 1.29 is 13.9 Å². The van der Waals surface area contributed by atoms with Gasteiger partial charge in [-0.2, -0.15) is 0 Å². The number of ether oxygens (including phenoxy) is 1. The topological polar surface area (TPSA) is 55.3 Å². The van der Waals surface area contributed by atoms with Gasteiger partial charge >= 0.3 is 0 Å². The van der Waals surface area contributed by atoms with Gasteiger partial charge in [-0.05, 0) is 49.2 Å². The molecular weight excluding hydrogens is 369 g/mol. The summed E-state index contributed by atoms with van der Waals surface area (Å²) in [5.41, 5.74) is 3.10. The second kappa shape index (κ2) is 8.39. The van der Waals surface area contributed by atoms with E-state index in [-0.39, 0.29) is 17.6 Å². The van der Waals surface area contributed by atoms with Crippen molar-refractivity contribution in [3.8, 4) is 17.0 Å². The summed E-state index contributed by atoms with van der Waals surface area (Å²) < 4.78 is 18.5. The SMILES string of the molecule is COc1cccc(-c2cncc([C@H]3CCCN(C(=O)c4ccc(F)cc4)C3)n2)c1. The lowest BCUT2D eigenvalue weighted by molar-refractivity contribution is 0.0705. The Bertz CT molecular complexity index is 1010. The van der Waals surface area contributed by atoms with E-state index < -0.39 is 0 Å². The molecule has 0 saturated carbocycles. The Morgan fingerprint density at radius 1 is 1.17 bits per heavy atom. The normalized spacial score (nSPS) is 16.5. The molecule has 1 aromatic heterocycles. The highest BCUT2D eigenvalue weighted by atomic mass is 19.1. The first-order valence-electron chi connectivity index (χ1n) is 9.65. The number of hydrogen-bond donors (Lipinski definition) is 0. The van der Waals surface area contributed by atoms with Crippen LogP contribution in [0.15, 0.2) is 60.9 Å². The van der Waals surface area contributed by atoms with Crippen LogP contribution in [0.4, 0.5) is 4.39 Å². The Balaban J connectivity index is 1.54. The zero-order valence-corrected chi connectivity index (χ0v) is 16.2. The van der Waals surface area contributed by atoms with Crippen LogP contribution < -0.4 is 4.74 Å². The van der Waals surface area contributed by atoms with Crippen LogP contribution in [0.5, 0.6) is 5.75 Å². The number of hydrogen-bond acceptors (Lipinski definition) is 4. The Morgan fingerprint density at radius 3 is 2.79 bits per heavy atom. The second-order valence-corrected chi connectivity index (χ2v) is 7.16. The van der Waals surface area contributed by atoms with Gasteiger partial charge in [0.2, 0.25) is 0 Å². The molecule has 1 amide bonds. The number of piperidine rings is 1. The first-order valence-corrected chi connectivity index (χ1v) is 9.65. The fourth-order valence-corrected chi connectivity index (χ4v) is 3.68. The van der Waals surface area contributed by atoms with Gasteiger partial charge in [-0.1, -0.05) is 12.1 Å². The van der Waals surface area contributed by atoms with E-state index in [2.05, 4.69) is 4.98 Å².